The van der Waals surface area contributed by atoms with Crippen molar-refractivity contribution in [1.29, 1.82) is 0 Å². The first-order valence-corrected chi connectivity index (χ1v) is 8.46. The van der Waals surface area contributed by atoms with E-state index in [1.54, 1.807) is 0 Å². The van der Waals surface area contributed by atoms with E-state index in [1.165, 1.54) is 23.1 Å². The first kappa shape index (κ1) is 13.8. The Bertz CT molecular complexity index is 685. The van der Waals surface area contributed by atoms with Crippen LogP contribution in [0.1, 0.15) is 48.5 Å². The molecule has 0 radical (unpaired) electrons. The van der Waals surface area contributed by atoms with E-state index in [4.69, 9.17) is 0 Å². The smallest absolute Gasteiger partial charge is 0.254 e. The predicted molar refractivity (Wildman–Crippen MR) is 88.8 cm³/mol. The van der Waals surface area contributed by atoms with Crippen LogP contribution in [0.4, 0.5) is 0 Å². The summed E-state index contributed by atoms with van der Waals surface area (Å²) in [6.07, 6.45) is 6.99. The van der Waals surface area contributed by atoms with Crippen LogP contribution < -0.4 is 0 Å². The fraction of sp³-hybridized carbons (Fsp3) is 0.450. The Morgan fingerprint density at radius 1 is 1.36 bits per heavy atom. The maximum Gasteiger partial charge on any atom is 0.254 e. The molecule has 1 aromatic rings. The Labute approximate surface area is 132 Å². The molecule has 22 heavy (non-hydrogen) atoms. The lowest BCUT2D eigenvalue weighted by Crippen LogP contribution is -2.29. The summed E-state index contributed by atoms with van der Waals surface area (Å²) >= 11 is 0. The molecule has 1 saturated carbocycles. The average Bonchev–Trinajstić information content (AvgIpc) is 3.23. The number of carbonyl (C=O) groups excluding carboxylic acids is 1. The molecule has 3 atom stereocenters. The molecular formula is C20H23NO. The van der Waals surface area contributed by atoms with Gasteiger partial charge in [0.2, 0.25) is 0 Å². The Morgan fingerprint density at radius 2 is 2.23 bits per heavy atom. The number of rotatable bonds is 3. The molecule has 0 aromatic heterocycles. The zero-order chi connectivity index (χ0) is 15.3. The van der Waals surface area contributed by atoms with Crippen LogP contribution in [0.3, 0.4) is 0 Å². The van der Waals surface area contributed by atoms with E-state index in [0.717, 1.165) is 36.9 Å². The lowest BCUT2D eigenvalue weighted by molar-refractivity contribution is 0.0795. The molecule has 0 N–H and O–H groups in total. The highest BCUT2D eigenvalue weighted by Gasteiger charge is 2.44. The van der Waals surface area contributed by atoms with Gasteiger partial charge in [-0.25, -0.2) is 0 Å². The summed E-state index contributed by atoms with van der Waals surface area (Å²) in [6.45, 7) is 6.04. The van der Waals surface area contributed by atoms with Gasteiger partial charge in [0.05, 0.1) is 0 Å². The Morgan fingerprint density at radius 3 is 3.05 bits per heavy atom. The summed E-state index contributed by atoms with van der Waals surface area (Å²) in [5.41, 5.74) is 5.03. The maximum atomic E-state index is 12.8. The lowest BCUT2D eigenvalue weighted by Gasteiger charge is -2.18. The number of allylic oxidation sites excluding steroid dienone is 1. The van der Waals surface area contributed by atoms with Crippen LogP contribution in [0.25, 0.3) is 0 Å². The molecule has 2 nitrogen and oxygen atoms in total. The highest BCUT2D eigenvalue weighted by atomic mass is 16.2. The van der Waals surface area contributed by atoms with Gasteiger partial charge in [-0.2, -0.15) is 0 Å². The number of nitrogens with zero attached hydrogens (tertiary/aromatic N) is 1. The monoisotopic (exact) mass is 293 g/mol. The predicted octanol–water partition coefficient (Wildman–Crippen LogP) is 4.16. The third kappa shape index (κ3) is 2.22. The van der Waals surface area contributed by atoms with E-state index < -0.39 is 0 Å². The van der Waals surface area contributed by atoms with Crippen molar-refractivity contribution in [2.75, 3.05) is 13.1 Å². The second-order valence-corrected chi connectivity index (χ2v) is 7.01. The molecule has 1 amide bonds. The molecule has 0 saturated heterocycles. The van der Waals surface area contributed by atoms with E-state index in [-0.39, 0.29) is 5.91 Å². The van der Waals surface area contributed by atoms with Gasteiger partial charge in [0.1, 0.15) is 0 Å². The van der Waals surface area contributed by atoms with Crippen LogP contribution in [-0.2, 0) is 0 Å². The van der Waals surface area contributed by atoms with E-state index in [1.807, 2.05) is 17.0 Å². The quantitative estimate of drug-likeness (QED) is 0.819. The third-order valence-electron chi connectivity index (χ3n) is 5.57. The van der Waals surface area contributed by atoms with Crippen molar-refractivity contribution in [2.45, 2.75) is 32.6 Å². The normalized spacial score (nSPS) is 26.7. The summed E-state index contributed by atoms with van der Waals surface area (Å²) in [5.74, 6) is 2.20. The van der Waals surface area contributed by atoms with E-state index in [9.17, 15) is 4.79 Å². The second kappa shape index (κ2) is 5.12. The van der Waals surface area contributed by atoms with Crippen molar-refractivity contribution in [3.8, 4) is 0 Å². The van der Waals surface area contributed by atoms with Crippen molar-refractivity contribution in [2.24, 2.45) is 11.8 Å². The molecule has 0 spiro atoms. The van der Waals surface area contributed by atoms with E-state index in [0.29, 0.717) is 5.92 Å². The van der Waals surface area contributed by atoms with Crippen molar-refractivity contribution < 1.29 is 4.79 Å². The molecule has 0 bridgehead atoms. The molecule has 4 rings (SSSR count). The Balaban J connectivity index is 1.53. The van der Waals surface area contributed by atoms with Gasteiger partial charge in [-0.05, 0) is 59.4 Å². The van der Waals surface area contributed by atoms with Crippen LogP contribution in [0.2, 0.25) is 0 Å². The van der Waals surface area contributed by atoms with Gasteiger partial charge < -0.3 is 4.90 Å². The molecule has 1 fully saturated rings. The van der Waals surface area contributed by atoms with Gasteiger partial charge in [-0.3, -0.25) is 4.79 Å². The van der Waals surface area contributed by atoms with Gasteiger partial charge in [0.25, 0.3) is 5.91 Å². The highest BCUT2D eigenvalue weighted by molar-refractivity contribution is 5.95. The summed E-state index contributed by atoms with van der Waals surface area (Å²) in [4.78, 5) is 14.9. The summed E-state index contributed by atoms with van der Waals surface area (Å²) in [6, 6.07) is 8.20. The van der Waals surface area contributed by atoms with Gasteiger partial charge in [-0.1, -0.05) is 38.1 Å². The molecule has 2 aliphatic carbocycles. The van der Waals surface area contributed by atoms with Crippen molar-refractivity contribution in [3.05, 3.63) is 58.7 Å². The number of benzene rings is 1. The van der Waals surface area contributed by atoms with Crippen molar-refractivity contribution in [3.63, 3.8) is 0 Å². The maximum absolute atomic E-state index is 12.8. The van der Waals surface area contributed by atoms with Crippen LogP contribution in [0.15, 0.2) is 47.6 Å². The first-order chi connectivity index (χ1) is 10.7. The number of hydrogen-bond acceptors (Lipinski definition) is 1. The van der Waals surface area contributed by atoms with Crippen molar-refractivity contribution in [1.82, 2.24) is 4.90 Å². The zero-order valence-electron chi connectivity index (χ0n) is 13.4. The van der Waals surface area contributed by atoms with Crippen LogP contribution >= 0.6 is 0 Å². The van der Waals surface area contributed by atoms with Gasteiger partial charge >= 0.3 is 0 Å². The van der Waals surface area contributed by atoms with Crippen LogP contribution in [0, 0.1) is 11.8 Å². The van der Waals surface area contributed by atoms with Gasteiger partial charge in [0.15, 0.2) is 0 Å². The minimum absolute atomic E-state index is 0.185. The van der Waals surface area contributed by atoms with Gasteiger partial charge in [0, 0.05) is 18.7 Å². The number of fused-ring (bicyclic) bond motifs is 2. The summed E-state index contributed by atoms with van der Waals surface area (Å²) < 4.78 is 0. The van der Waals surface area contributed by atoms with Crippen LogP contribution in [0.5, 0.6) is 0 Å². The molecule has 1 aromatic carbocycles. The second-order valence-electron chi connectivity index (χ2n) is 7.01. The minimum Gasteiger partial charge on any atom is -0.330 e. The van der Waals surface area contributed by atoms with Gasteiger partial charge in [-0.15, -0.1) is 0 Å². The molecule has 114 valence electrons. The third-order valence-corrected chi connectivity index (χ3v) is 5.57. The summed E-state index contributed by atoms with van der Waals surface area (Å²) in [5, 5.41) is 0. The standard InChI is InChI=1S/C20H23NO/c1-3-13(2)14-5-4-6-16(9-14)20(22)21-11-17-8-7-15-10-18(15)19(17)12-21/h4-9,13,15,18H,3,10-12H2,1-2H3. The first-order valence-electron chi connectivity index (χ1n) is 8.46. The lowest BCUT2D eigenvalue weighted by atomic mass is 9.96. The molecule has 1 aliphatic heterocycles. The largest absolute Gasteiger partial charge is 0.330 e. The number of carbonyl (C=O) groups is 1. The summed E-state index contributed by atoms with van der Waals surface area (Å²) in [7, 11) is 0. The number of amides is 1. The highest BCUT2D eigenvalue weighted by Crippen LogP contribution is 2.51. The average molecular weight is 293 g/mol. The molecule has 3 aliphatic rings. The van der Waals surface area contributed by atoms with E-state index >= 15 is 0 Å². The fourth-order valence-electron chi connectivity index (χ4n) is 3.79. The van der Waals surface area contributed by atoms with Crippen molar-refractivity contribution >= 4 is 5.91 Å². The number of hydrogen-bond donors (Lipinski definition) is 0. The SMILES string of the molecule is CCC(C)c1cccc(C(=O)N2CC3=C(C2)C2CC2C=C3)c1. The Hall–Kier alpha value is -1.83. The van der Waals surface area contributed by atoms with E-state index in [2.05, 4.69) is 38.1 Å². The molecular weight excluding hydrogens is 270 g/mol. The fourth-order valence-corrected chi connectivity index (χ4v) is 3.79. The Kier molecular flexibility index (Phi) is 3.21. The van der Waals surface area contributed by atoms with Crippen LogP contribution in [-0.4, -0.2) is 23.9 Å². The molecule has 2 heteroatoms. The zero-order valence-corrected chi connectivity index (χ0v) is 13.4. The minimum atomic E-state index is 0.185. The molecule has 1 heterocycles. The molecule has 3 unspecified atom stereocenters. The topological polar surface area (TPSA) is 20.3 Å².